The van der Waals surface area contributed by atoms with Gasteiger partial charge in [0.25, 0.3) is 0 Å². The van der Waals surface area contributed by atoms with E-state index in [2.05, 4.69) is 0 Å². The van der Waals surface area contributed by atoms with Gasteiger partial charge in [0.15, 0.2) is 0 Å². The number of amides is 1. The molecule has 0 aromatic rings. The Morgan fingerprint density at radius 3 is 2.10 bits per heavy atom. The number of nitrogens with zero attached hydrogens (tertiary/aromatic N) is 1. The van der Waals surface area contributed by atoms with Crippen LogP contribution >= 0.6 is 0 Å². The Balaban J connectivity index is 2.19. The Hall–Kier alpha value is -1.10. The van der Waals surface area contributed by atoms with Crippen LogP contribution in [0.2, 0.25) is 0 Å². The van der Waals surface area contributed by atoms with E-state index in [1.807, 2.05) is 0 Å². The minimum atomic E-state index is -0.920. The van der Waals surface area contributed by atoms with E-state index >= 15 is 0 Å². The van der Waals surface area contributed by atoms with Crippen LogP contribution in [-0.4, -0.2) is 41.0 Å². The molecule has 0 bridgehead atoms. The minimum absolute atomic E-state index is 0.00111. The molecule has 2 fully saturated rings. The summed E-state index contributed by atoms with van der Waals surface area (Å²) in [5, 5.41) is 9.18. The van der Waals surface area contributed by atoms with Gasteiger partial charge >= 0.3 is 5.97 Å². The highest BCUT2D eigenvalue weighted by atomic mass is 16.4. The maximum atomic E-state index is 13.1. The standard InChI is InChI=1S/C16H28N2O3/c17-12-16(9-5-1-2-6-10-16)15(21)18(11-14(19)20)13-7-3-4-8-13/h13H,1-12,17H2,(H,19,20). The highest BCUT2D eigenvalue weighted by molar-refractivity contribution is 5.86. The Bertz CT molecular complexity index is 370. The zero-order valence-electron chi connectivity index (χ0n) is 12.9. The van der Waals surface area contributed by atoms with E-state index in [4.69, 9.17) is 5.73 Å². The summed E-state index contributed by atoms with van der Waals surface area (Å²) < 4.78 is 0. The number of carbonyl (C=O) groups excluding carboxylic acids is 1. The fraction of sp³-hybridized carbons (Fsp3) is 0.875. The molecule has 21 heavy (non-hydrogen) atoms. The van der Waals surface area contributed by atoms with Gasteiger partial charge in [-0.3, -0.25) is 9.59 Å². The number of carbonyl (C=O) groups is 2. The van der Waals surface area contributed by atoms with Gasteiger partial charge in [0.05, 0.1) is 5.41 Å². The first-order valence-electron chi connectivity index (χ1n) is 8.32. The highest BCUT2D eigenvalue weighted by Gasteiger charge is 2.42. The van der Waals surface area contributed by atoms with Crippen LogP contribution in [0.25, 0.3) is 0 Å². The summed E-state index contributed by atoms with van der Waals surface area (Å²) in [7, 11) is 0. The first-order chi connectivity index (χ1) is 10.1. The fourth-order valence-corrected chi connectivity index (χ4v) is 3.94. The second-order valence-electron chi connectivity index (χ2n) is 6.66. The molecule has 120 valence electrons. The van der Waals surface area contributed by atoms with Gasteiger partial charge in [-0.05, 0) is 25.7 Å². The van der Waals surface area contributed by atoms with E-state index in [0.29, 0.717) is 6.54 Å². The topological polar surface area (TPSA) is 83.6 Å². The van der Waals surface area contributed by atoms with Gasteiger partial charge in [-0.1, -0.05) is 38.5 Å². The number of carboxylic acids is 1. The maximum Gasteiger partial charge on any atom is 0.323 e. The van der Waals surface area contributed by atoms with Crippen molar-refractivity contribution in [1.82, 2.24) is 4.90 Å². The van der Waals surface area contributed by atoms with Gasteiger partial charge in [0.2, 0.25) is 5.91 Å². The summed E-state index contributed by atoms with van der Waals surface area (Å²) in [6.45, 7) is 0.167. The summed E-state index contributed by atoms with van der Waals surface area (Å²) in [6.07, 6.45) is 10.0. The molecule has 0 aliphatic heterocycles. The zero-order chi connectivity index (χ0) is 15.3. The van der Waals surface area contributed by atoms with Crippen molar-refractivity contribution in [2.45, 2.75) is 70.3 Å². The summed E-state index contributed by atoms with van der Waals surface area (Å²) >= 11 is 0. The lowest BCUT2D eigenvalue weighted by atomic mass is 9.78. The Labute approximate surface area is 126 Å². The van der Waals surface area contributed by atoms with Crippen LogP contribution in [-0.2, 0) is 9.59 Å². The third-order valence-electron chi connectivity index (χ3n) is 5.24. The van der Waals surface area contributed by atoms with E-state index in [0.717, 1.165) is 64.2 Å². The quantitative estimate of drug-likeness (QED) is 0.761. The molecule has 3 N–H and O–H groups in total. The molecule has 2 aliphatic rings. The molecule has 0 aromatic carbocycles. The van der Waals surface area contributed by atoms with Crippen molar-refractivity contribution >= 4 is 11.9 Å². The Morgan fingerprint density at radius 1 is 1.05 bits per heavy atom. The van der Waals surface area contributed by atoms with Gasteiger partial charge in [-0.15, -0.1) is 0 Å². The monoisotopic (exact) mass is 296 g/mol. The van der Waals surface area contributed by atoms with E-state index in [1.165, 1.54) is 0 Å². The van der Waals surface area contributed by atoms with Crippen LogP contribution in [0.15, 0.2) is 0 Å². The van der Waals surface area contributed by atoms with E-state index in [1.54, 1.807) is 4.90 Å². The fourth-order valence-electron chi connectivity index (χ4n) is 3.94. The van der Waals surface area contributed by atoms with Crippen molar-refractivity contribution in [1.29, 1.82) is 0 Å². The molecular formula is C16H28N2O3. The van der Waals surface area contributed by atoms with E-state index in [9.17, 15) is 14.7 Å². The molecule has 0 unspecified atom stereocenters. The van der Waals surface area contributed by atoms with Crippen molar-refractivity contribution in [3.05, 3.63) is 0 Å². The van der Waals surface area contributed by atoms with Crippen LogP contribution < -0.4 is 5.73 Å². The molecule has 1 amide bonds. The number of hydrogen-bond acceptors (Lipinski definition) is 3. The SMILES string of the molecule is NCC1(C(=O)N(CC(=O)O)C2CCCC2)CCCCCC1. The van der Waals surface area contributed by atoms with Crippen LogP contribution in [0.5, 0.6) is 0 Å². The van der Waals surface area contributed by atoms with Crippen molar-refractivity contribution in [2.24, 2.45) is 11.1 Å². The summed E-state index contributed by atoms with van der Waals surface area (Å²) in [5.41, 5.74) is 5.46. The molecule has 2 saturated carbocycles. The van der Waals surface area contributed by atoms with Crippen molar-refractivity contribution in [3.63, 3.8) is 0 Å². The van der Waals surface area contributed by atoms with Gasteiger partial charge in [-0.25, -0.2) is 0 Å². The third-order valence-corrected chi connectivity index (χ3v) is 5.24. The predicted octanol–water partition coefficient (Wildman–Crippen LogP) is 2.14. The number of hydrogen-bond donors (Lipinski definition) is 2. The first kappa shape index (κ1) is 16.3. The smallest absolute Gasteiger partial charge is 0.323 e. The molecule has 0 radical (unpaired) electrons. The lowest BCUT2D eigenvalue weighted by Crippen LogP contribution is -2.52. The van der Waals surface area contributed by atoms with Gasteiger partial charge in [0, 0.05) is 12.6 Å². The molecule has 2 aliphatic carbocycles. The third kappa shape index (κ3) is 3.76. The average molecular weight is 296 g/mol. The lowest BCUT2D eigenvalue weighted by molar-refractivity contribution is -0.152. The summed E-state index contributed by atoms with van der Waals surface area (Å²) in [4.78, 5) is 25.9. The number of aliphatic carboxylic acids is 1. The Morgan fingerprint density at radius 2 is 1.62 bits per heavy atom. The van der Waals surface area contributed by atoms with Crippen LogP contribution in [0, 0.1) is 5.41 Å². The molecule has 0 saturated heterocycles. The van der Waals surface area contributed by atoms with Crippen molar-refractivity contribution in [2.75, 3.05) is 13.1 Å². The zero-order valence-corrected chi connectivity index (χ0v) is 12.9. The lowest BCUT2D eigenvalue weighted by Gasteiger charge is -2.38. The number of nitrogens with two attached hydrogens (primary N) is 1. The number of carboxylic acid groups (broad SMARTS) is 1. The van der Waals surface area contributed by atoms with E-state index in [-0.39, 0.29) is 18.5 Å². The summed E-state index contributed by atoms with van der Waals surface area (Å²) in [5.74, 6) is -0.919. The Kier molecular flexibility index (Phi) is 5.62. The molecule has 0 atom stereocenters. The first-order valence-corrected chi connectivity index (χ1v) is 8.32. The number of rotatable bonds is 5. The maximum absolute atomic E-state index is 13.1. The largest absolute Gasteiger partial charge is 0.480 e. The van der Waals surface area contributed by atoms with Gasteiger partial charge in [-0.2, -0.15) is 0 Å². The molecule has 0 heterocycles. The molecule has 2 rings (SSSR count). The minimum Gasteiger partial charge on any atom is -0.480 e. The molecule has 5 heteroatoms. The molecular weight excluding hydrogens is 268 g/mol. The second-order valence-corrected chi connectivity index (χ2v) is 6.66. The molecule has 0 spiro atoms. The molecule has 5 nitrogen and oxygen atoms in total. The average Bonchev–Trinajstić information content (AvgIpc) is 2.88. The van der Waals surface area contributed by atoms with E-state index < -0.39 is 11.4 Å². The molecule has 0 aromatic heterocycles. The van der Waals surface area contributed by atoms with Crippen LogP contribution in [0.4, 0.5) is 0 Å². The van der Waals surface area contributed by atoms with Crippen LogP contribution in [0.1, 0.15) is 64.2 Å². The second kappa shape index (κ2) is 7.25. The summed E-state index contributed by atoms with van der Waals surface area (Å²) in [6, 6.07) is 0.0975. The van der Waals surface area contributed by atoms with Gasteiger partial charge < -0.3 is 15.7 Å². The predicted molar refractivity (Wildman–Crippen MR) is 80.8 cm³/mol. The van der Waals surface area contributed by atoms with Crippen LogP contribution in [0.3, 0.4) is 0 Å². The normalized spacial score (nSPS) is 22.7. The van der Waals surface area contributed by atoms with Crippen molar-refractivity contribution < 1.29 is 14.7 Å². The highest BCUT2D eigenvalue weighted by Crippen LogP contribution is 2.37. The van der Waals surface area contributed by atoms with Crippen molar-refractivity contribution in [3.8, 4) is 0 Å². The van der Waals surface area contributed by atoms with Gasteiger partial charge in [0.1, 0.15) is 6.54 Å².